The SMILES string of the molecule is CCNC(=O)CCNS(=O)(=O)c1cnccc1NC. The molecule has 1 rings (SSSR count). The summed E-state index contributed by atoms with van der Waals surface area (Å²) in [6.45, 7) is 2.38. The number of anilines is 1. The molecule has 0 aliphatic heterocycles. The van der Waals surface area contributed by atoms with E-state index in [1.807, 2.05) is 0 Å². The van der Waals surface area contributed by atoms with Crippen LogP contribution >= 0.6 is 0 Å². The molecule has 19 heavy (non-hydrogen) atoms. The molecule has 0 saturated carbocycles. The second-order valence-electron chi connectivity index (χ2n) is 3.72. The van der Waals surface area contributed by atoms with Crippen molar-refractivity contribution in [3.8, 4) is 0 Å². The molecule has 0 aromatic carbocycles. The van der Waals surface area contributed by atoms with Crippen LogP contribution in [-0.4, -0.2) is 39.4 Å². The van der Waals surface area contributed by atoms with E-state index in [0.29, 0.717) is 12.2 Å². The summed E-state index contributed by atoms with van der Waals surface area (Å²) in [5.74, 6) is -0.190. The van der Waals surface area contributed by atoms with Crippen LogP contribution in [0.3, 0.4) is 0 Å². The molecule has 0 unspecified atom stereocenters. The number of pyridine rings is 1. The third kappa shape index (κ3) is 4.49. The normalized spacial score (nSPS) is 11.1. The molecule has 8 heteroatoms. The number of nitrogens with one attached hydrogen (secondary N) is 3. The van der Waals surface area contributed by atoms with E-state index in [0.717, 1.165) is 0 Å². The Kier molecular flexibility index (Phi) is 5.71. The summed E-state index contributed by atoms with van der Waals surface area (Å²) >= 11 is 0. The minimum atomic E-state index is -3.67. The van der Waals surface area contributed by atoms with Crippen molar-refractivity contribution in [1.82, 2.24) is 15.0 Å². The van der Waals surface area contributed by atoms with E-state index >= 15 is 0 Å². The quantitative estimate of drug-likeness (QED) is 0.651. The highest BCUT2D eigenvalue weighted by atomic mass is 32.2. The maximum Gasteiger partial charge on any atom is 0.244 e. The molecule has 0 fully saturated rings. The predicted octanol–water partition coefficient (Wildman–Crippen LogP) is -0.0722. The van der Waals surface area contributed by atoms with Gasteiger partial charge in [0.1, 0.15) is 4.90 Å². The third-order valence-electron chi connectivity index (χ3n) is 2.36. The Morgan fingerprint density at radius 3 is 2.79 bits per heavy atom. The number of rotatable bonds is 7. The van der Waals surface area contributed by atoms with Gasteiger partial charge >= 0.3 is 0 Å². The van der Waals surface area contributed by atoms with Crippen molar-refractivity contribution in [2.45, 2.75) is 18.2 Å². The number of sulfonamides is 1. The zero-order valence-corrected chi connectivity index (χ0v) is 11.8. The highest BCUT2D eigenvalue weighted by molar-refractivity contribution is 7.89. The van der Waals surface area contributed by atoms with E-state index < -0.39 is 10.0 Å². The van der Waals surface area contributed by atoms with E-state index in [4.69, 9.17) is 0 Å². The van der Waals surface area contributed by atoms with E-state index in [1.54, 1.807) is 20.0 Å². The number of carbonyl (C=O) groups excluding carboxylic acids is 1. The average Bonchev–Trinajstić information content (AvgIpc) is 2.38. The molecule has 3 N–H and O–H groups in total. The Hall–Kier alpha value is -1.67. The van der Waals surface area contributed by atoms with Crippen LogP contribution < -0.4 is 15.4 Å². The largest absolute Gasteiger partial charge is 0.387 e. The van der Waals surface area contributed by atoms with Gasteiger partial charge in [0, 0.05) is 39.0 Å². The summed E-state index contributed by atoms with van der Waals surface area (Å²) in [6, 6.07) is 1.57. The molecule has 0 aliphatic rings. The summed E-state index contributed by atoms with van der Waals surface area (Å²) in [5.41, 5.74) is 0.459. The van der Waals surface area contributed by atoms with Gasteiger partial charge in [-0.2, -0.15) is 0 Å². The van der Waals surface area contributed by atoms with E-state index in [9.17, 15) is 13.2 Å². The fraction of sp³-hybridized carbons (Fsp3) is 0.455. The molecule has 0 radical (unpaired) electrons. The lowest BCUT2D eigenvalue weighted by molar-refractivity contribution is -0.120. The fourth-order valence-electron chi connectivity index (χ4n) is 1.46. The van der Waals surface area contributed by atoms with Gasteiger partial charge in [-0.15, -0.1) is 0 Å². The summed E-state index contributed by atoms with van der Waals surface area (Å²) < 4.78 is 26.4. The molecule has 1 amide bonds. The third-order valence-corrected chi connectivity index (χ3v) is 3.85. The van der Waals surface area contributed by atoms with Crippen LogP contribution in [-0.2, 0) is 14.8 Å². The first-order chi connectivity index (χ1) is 9.01. The van der Waals surface area contributed by atoms with Crippen LogP contribution in [0.15, 0.2) is 23.4 Å². The fourth-order valence-corrected chi connectivity index (χ4v) is 2.65. The maximum absolute atomic E-state index is 12.0. The van der Waals surface area contributed by atoms with Gasteiger partial charge < -0.3 is 10.6 Å². The van der Waals surface area contributed by atoms with Crippen LogP contribution in [0.25, 0.3) is 0 Å². The van der Waals surface area contributed by atoms with Gasteiger partial charge in [0.2, 0.25) is 15.9 Å². The molecule has 0 bridgehead atoms. The maximum atomic E-state index is 12.0. The van der Waals surface area contributed by atoms with Gasteiger partial charge in [-0.25, -0.2) is 13.1 Å². The molecule has 1 aromatic heterocycles. The molecule has 1 heterocycles. The van der Waals surface area contributed by atoms with E-state index in [1.165, 1.54) is 12.4 Å². The van der Waals surface area contributed by atoms with Crippen LogP contribution in [0.5, 0.6) is 0 Å². The van der Waals surface area contributed by atoms with E-state index in [2.05, 4.69) is 20.3 Å². The van der Waals surface area contributed by atoms with Crippen molar-refractivity contribution < 1.29 is 13.2 Å². The smallest absolute Gasteiger partial charge is 0.244 e. The highest BCUT2D eigenvalue weighted by Crippen LogP contribution is 2.18. The lowest BCUT2D eigenvalue weighted by Gasteiger charge is -2.10. The number of hydrogen-bond donors (Lipinski definition) is 3. The molecule has 0 aliphatic carbocycles. The molecule has 7 nitrogen and oxygen atoms in total. The Morgan fingerprint density at radius 1 is 1.42 bits per heavy atom. The highest BCUT2D eigenvalue weighted by Gasteiger charge is 2.18. The summed E-state index contributed by atoms with van der Waals surface area (Å²) in [6.07, 6.45) is 2.86. The first-order valence-electron chi connectivity index (χ1n) is 5.89. The van der Waals surface area contributed by atoms with Crippen molar-refractivity contribution >= 4 is 21.6 Å². The summed E-state index contributed by atoms with van der Waals surface area (Å²) in [4.78, 5) is 15.1. The average molecular weight is 286 g/mol. The topological polar surface area (TPSA) is 100 Å². The summed E-state index contributed by atoms with van der Waals surface area (Å²) in [7, 11) is -2.04. The van der Waals surface area contributed by atoms with Gasteiger partial charge in [-0.3, -0.25) is 9.78 Å². The molecule has 106 valence electrons. The number of nitrogens with zero attached hydrogens (tertiary/aromatic N) is 1. The number of hydrogen-bond acceptors (Lipinski definition) is 5. The van der Waals surface area contributed by atoms with Gasteiger partial charge in [0.15, 0.2) is 0 Å². The van der Waals surface area contributed by atoms with Crippen LogP contribution in [0.1, 0.15) is 13.3 Å². The Morgan fingerprint density at radius 2 is 2.16 bits per heavy atom. The lowest BCUT2D eigenvalue weighted by Crippen LogP contribution is -2.31. The summed E-state index contributed by atoms with van der Waals surface area (Å²) in [5, 5.41) is 5.38. The van der Waals surface area contributed by atoms with Gasteiger partial charge in [-0.05, 0) is 13.0 Å². The van der Waals surface area contributed by atoms with Crippen molar-refractivity contribution in [2.24, 2.45) is 0 Å². The molecule has 1 aromatic rings. The van der Waals surface area contributed by atoms with Crippen molar-refractivity contribution in [3.05, 3.63) is 18.5 Å². The number of amides is 1. The lowest BCUT2D eigenvalue weighted by atomic mass is 10.4. The first-order valence-corrected chi connectivity index (χ1v) is 7.37. The zero-order valence-electron chi connectivity index (χ0n) is 10.9. The van der Waals surface area contributed by atoms with Crippen LogP contribution in [0.4, 0.5) is 5.69 Å². The minimum Gasteiger partial charge on any atom is -0.387 e. The number of carbonyl (C=O) groups is 1. The van der Waals surface area contributed by atoms with E-state index in [-0.39, 0.29) is 23.8 Å². The van der Waals surface area contributed by atoms with Gasteiger partial charge in [-0.1, -0.05) is 0 Å². The molecular weight excluding hydrogens is 268 g/mol. The van der Waals surface area contributed by atoms with Crippen molar-refractivity contribution in [1.29, 1.82) is 0 Å². The van der Waals surface area contributed by atoms with Crippen molar-refractivity contribution in [3.63, 3.8) is 0 Å². The Bertz CT molecular complexity index is 530. The minimum absolute atomic E-state index is 0.0478. The first kappa shape index (κ1) is 15.4. The number of aromatic nitrogens is 1. The molecule has 0 spiro atoms. The van der Waals surface area contributed by atoms with Crippen molar-refractivity contribution in [2.75, 3.05) is 25.5 Å². The second-order valence-corrected chi connectivity index (χ2v) is 5.46. The van der Waals surface area contributed by atoms with Crippen LogP contribution in [0.2, 0.25) is 0 Å². The molecule has 0 saturated heterocycles. The Balaban J connectivity index is 2.68. The standard InChI is InChI=1S/C11H18N4O3S/c1-3-14-11(16)5-7-15-19(17,18)10-8-13-6-4-9(10)12-2/h4,6,8,15H,3,5,7H2,1-2H3,(H,12,13)(H,14,16). The van der Waals surface area contributed by atoms with Gasteiger partial charge in [0.25, 0.3) is 0 Å². The van der Waals surface area contributed by atoms with Crippen LogP contribution in [0, 0.1) is 0 Å². The monoisotopic (exact) mass is 286 g/mol. The van der Waals surface area contributed by atoms with Gasteiger partial charge in [0.05, 0.1) is 5.69 Å². The molecular formula is C11H18N4O3S. The predicted molar refractivity (Wildman–Crippen MR) is 72.3 cm³/mol. The second kappa shape index (κ2) is 7.05. The molecule has 0 atom stereocenters. The Labute approximate surface area is 112 Å². The zero-order chi connectivity index (χ0) is 14.3.